The Hall–Kier alpha value is -0.890. The fourth-order valence-corrected chi connectivity index (χ4v) is 3.93. The smallest absolute Gasteiger partial charge is 0.0372 e. The van der Waals surface area contributed by atoms with Gasteiger partial charge in [0.05, 0.1) is 0 Å². The van der Waals surface area contributed by atoms with Crippen LogP contribution in [-0.2, 0) is 0 Å². The van der Waals surface area contributed by atoms with Crippen molar-refractivity contribution in [2.24, 2.45) is 17.8 Å². The molecule has 2 aliphatic carbocycles. The van der Waals surface area contributed by atoms with Gasteiger partial charge >= 0.3 is 0 Å². The van der Waals surface area contributed by atoms with Crippen LogP contribution < -0.4 is 5.32 Å². The van der Waals surface area contributed by atoms with Crippen LogP contribution in [-0.4, -0.2) is 11.5 Å². The minimum absolute atomic E-state index is 0.550. The maximum absolute atomic E-state index is 4.34. The molecule has 0 saturated heterocycles. The van der Waals surface area contributed by atoms with Gasteiger partial charge in [0.25, 0.3) is 0 Å². The van der Waals surface area contributed by atoms with Gasteiger partial charge in [0, 0.05) is 18.4 Å². The van der Waals surface area contributed by atoms with Crippen molar-refractivity contribution >= 4 is 0 Å². The number of nitrogens with zero attached hydrogens (tertiary/aromatic N) is 1. The lowest BCUT2D eigenvalue weighted by Gasteiger charge is -2.22. The summed E-state index contributed by atoms with van der Waals surface area (Å²) in [6.45, 7) is 5.58. The van der Waals surface area contributed by atoms with Gasteiger partial charge < -0.3 is 5.32 Å². The molecule has 3 rings (SSSR count). The van der Waals surface area contributed by atoms with Gasteiger partial charge in [-0.1, -0.05) is 13.3 Å². The zero-order valence-corrected chi connectivity index (χ0v) is 11.5. The highest BCUT2D eigenvalue weighted by Gasteiger charge is 2.56. The molecule has 2 fully saturated rings. The van der Waals surface area contributed by atoms with Gasteiger partial charge in [0.15, 0.2) is 0 Å². The van der Waals surface area contributed by atoms with Crippen molar-refractivity contribution < 1.29 is 0 Å². The first-order valence-corrected chi connectivity index (χ1v) is 7.46. The van der Waals surface area contributed by atoms with Crippen molar-refractivity contribution in [3.8, 4) is 0 Å². The molecule has 2 nitrogen and oxygen atoms in total. The molecule has 0 spiro atoms. The summed E-state index contributed by atoms with van der Waals surface area (Å²) < 4.78 is 0. The molecule has 0 bridgehead atoms. The van der Waals surface area contributed by atoms with E-state index in [1.54, 1.807) is 0 Å². The number of aryl methyl sites for hydroxylation is 1. The molecule has 1 N–H and O–H groups in total. The Morgan fingerprint density at radius 2 is 2.17 bits per heavy atom. The van der Waals surface area contributed by atoms with E-state index in [-0.39, 0.29) is 0 Å². The van der Waals surface area contributed by atoms with Crippen molar-refractivity contribution in [3.05, 3.63) is 29.6 Å². The van der Waals surface area contributed by atoms with Crippen LogP contribution in [0.2, 0.25) is 0 Å². The summed E-state index contributed by atoms with van der Waals surface area (Å²) in [5.74, 6) is 2.88. The second-order valence-corrected chi connectivity index (χ2v) is 6.00. The van der Waals surface area contributed by atoms with E-state index in [0.717, 1.165) is 24.3 Å². The number of hydrogen-bond donors (Lipinski definition) is 1. The molecule has 0 aromatic carbocycles. The Bertz CT molecular complexity index is 405. The van der Waals surface area contributed by atoms with Crippen LogP contribution in [0.4, 0.5) is 0 Å². The van der Waals surface area contributed by atoms with E-state index in [4.69, 9.17) is 0 Å². The molecule has 0 amide bonds. The van der Waals surface area contributed by atoms with Crippen molar-refractivity contribution in [2.75, 3.05) is 6.54 Å². The molecule has 1 aromatic rings. The molecule has 0 radical (unpaired) electrons. The first kappa shape index (κ1) is 12.2. The maximum atomic E-state index is 4.34. The Balaban J connectivity index is 1.80. The summed E-state index contributed by atoms with van der Waals surface area (Å²) in [6.07, 6.45) is 9.56. The largest absolute Gasteiger partial charge is 0.310 e. The third kappa shape index (κ3) is 2.07. The predicted molar refractivity (Wildman–Crippen MR) is 74.3 cm³/mol. The summed E-state index contributed by atoms with van der Waals surface area (Å²) in [5, 5.41) is 3.78. The van der Waals surface area contributed by atoms with Crippen LogP contribution >= 0.6 is 0 Å². The fourth-order valence-electron chi connectivity index (χ4n) is 3.93. The quantitative estimate of drug-likeness (QED) is 0.857. The van der Waals surface area contributed by atoms with Crippen LogP contribution in [0.1, 0.15) is 49.8 Å². The van der Waals surface area contributed by atoms with Gasteiger partial charge in [-0.15, -0.1) is 0 Å². The van der Waals surface area contributed by atoms with Gasteiger partial charge in [0.2, 0.25) is 0 Å². The average Bonchev–Trinajstić information content (AvgIpc) is 2.85. The molecule has 18 heavy (non-hydrogen) atoms. The highest BCUT2D eigenvalue weighted by molar-refractivity contribution is 5.28. The molecule has 2 saturated carbocycles. The maximum Gasteiger partial charge on any atom is 0.0372 e. The summed E-state index contributed by atoms with van der Waals surface area (Å²) in [7, 11) is 0. The highest BCUT2D eigenvalue weighted by atomic mass is 14.9. The molecule has 1 heterocycles. The summed E-state index contributed by atoms with van der Waals surface area (Å²) in [4.78, 5) is 4.34. The molecule has 3 atom stereocenters. The summed E-state index contributed by atoms with van der Waals surface area (Å²) in [5.41, 5.74) is 2.83. The Labute approximate surface area is 110 Å². The first-order valence-electron chi connectivity index (χ1n) is 7.46. The lowest BCUT2D eigenvalue weighted by Crippen LogP contribution is -2.26. The first-order chi connectivity index (χ1) is 8.83. The van der Waals surface area contributed by atoms with Crippen LogP contribution in [0, 0.1) is 24.7 Å². The predicted octanol–water partition coefficient (Wildman–Crippen LogP) is 3.48. The lowest BCUT2D eigenvalue weighted by atomic mass is 9.95. The average molecular weight is 244 g/mol. The van der Waals surface area contributed by atoms with Crippen molar-refractivity contribution in [2.45, 2.75) is 45.6 Å². The van der Waals surface area contributed by atoms with Gasteiger partial charge in [-0.3, -0.25) is 4.98 Å². The lowest BCUT2D eigenvalue weighted by molar-refractivity contribution is 0.415. The second kappa shape index (κ2) is 5.00. The third-order valence-electron chi connectivity index (χ3n) is 4.89. The van der Waals surface area contributed by atoms with Gasteiger partial charge in [-0.2, -0.15) is 0 Å². The zero-order valence-electron chi connectivity index (χ0n) is 11.5. The molecular formula is C16H24N2. The van der Waals surface area contributed by atoms with Crippen molar-refractivity contribution in [1.29, 1.82) is 0 Å². The van der Waals surface area contributed by atoms with Gasteiger partial charge in [-0.25, -0.2) is 0 Å². The van der Waals surface area contributed by atoms with E-state index in [2.05, 4.69) is 36.4 Å². The van der Waals surface area contributed by atoms with Crippen LogP contribution in [0.3, 0.4) is 0 Å². The number of fused-ring (bicyclic) bond motifs is 1. The Morgan fingerprint density at radius 3 is 2.83 bits per heavy atom. The third-order valence-corrected chi connectivity index (χ3v) is 4.89. The minimum Gasteiger partial charge on any atom is -0.310 e. The summed E-state index contributed by atoms with van der Waals surface area (Å²) >= 11 is 0. The van der Waals surface area contributed by atoms with Gasteiger partial charge in [-0.05, 0) is 67.7 Å². The number of nitrogens with one attached hydrogen (secondary N) is 1. The zero-order chi connectivity index (χ0) is 12.5. The normalized spacial score (nSPS) is 31.1. The van der Waals surface area contributed by atoms with E-state index < -0.39 is 0 Å². The monoisotopic (exact) mass is 244 g/mol. The van der Waals surface area contributed by atoms with Crippen molar-refractivity contribution in [1.82, 2.24) is 10.3 Å². The van der Waals surface area contributed by atoms with Crippen molar-refractivity contribution in [3.63, 3.8) is 0 Å². The molecule has 2 aliphatic rings. The number of aromatic nitrogens is 1. The Kier molecular flexibility index (Phi) is 3.38. The SMILES string of the molecule is CCCNC(c1cnccc1C)C1C2CCCC21. The molecule has 2 heteroatoms. The van der Waals surface area contributed by atoms with E-state index in [1.807, 2.05) is 6.20 Å². The standard InChI is InChI=1S/C16H24N2/c1-3-8-18-16(14-10-17-9-7-11(14)2)15-12-5-4-6-13(12)15/h7,9-10,12-13,15-16,18H,3-6,8H2,1-2H3. The molecule has 0 aliphatic heterocycles. The minimum atomic E-state index is 0.550. The topological polar surface area (TPSA) is 24.9 Å². The number of pyridine rings is 1. The van der Waals surface area contributed by atoms with E-state index in [0.29, 0.717) is 6.04 Å². The molecular weight excluding hydrogens is 220 g/mol. The van der Waals surface area contributed by atoms with E-state index in [9.17, 15) is 0 Å². The fraction of sp³-hybridized carbons (Fsp3) is 0.688. The molecule has 98 valence electrons. The van der Waals surface area contributed by atoms with Gasteiger partial charge in [0.1, 0.15) is 0 Å². The highest BCUT2D eigenvalue weighted by Crippen LogP contribution is 2.62. The summed E-state index contributed by atoms with van der Waals surface area (Å²) in [6, 6.07) is 2.70. The molecule has 3 unspecified atom stereocenters. The Morgan fingerprint density at radius 1 is 1.39 bits per heavy atom. The van der Waals surface area contributed by atoms with E-state index >= 15 is 0 Å². The second-order valence-electron chi connectivity index (χ2n) is 6.00. The number of rotatable bonds is 5. The van der Waals surface area contributed by atoms with E-state index in [1.165, 1.54) is 36.8 Å². The van der Waals surface area contributed by atoms with Crippen LogP contribution in [0.15, 0.2) is 18.5 Å². The molecule has 1 aromatic heterocycles. The van der Waals surface area contributed by atoms with Crippen LogP contribution in [0.25, 0.3) is 0 Å². The van der Waals surface area contributed by atoms with Crippen LogP contribution in [0.5, 0.6) is 0 Å². The number of hydrogen-bond acceptors (Lipinski definition) is 2.